The Morgan fingerprint density at radius 3 is 2.91 bits per heavy atom. The Kier molecular flexibility index (Phi) is 6.55. The van der Waals surface area contributed by atoms with E-state index < -0.39 is 0 Å². The first-order chi connectivity index (χ1) is 4.93. The zero-order valence-corrected chi connectivity index (χ0v) is 8.56. The third-order valence-corrected chi connectivity index (χ3v) is 1.72. The van der Waals surface area contributed by atoms with Crippen LogP contribution < -0.4 is 0 Å². The Hall–Kier alpha value is -0.0966. The molecule has 63 valence electrons. The second kappa shape index (κ2) is 6.60. The largest absolute Gasteiger partial charge is 1.00 e. The van der Waals surface area contributed by atoms with Gasteiger partial charge in [-0.15, -0.1) is 0 Å². The predicted octanol–water partition coefficient (Wildman–Crippen LogP) is 2.64. The van der Waals surface area contributed by atoms with E-state index in [0.717, 1.165) is 12.2 Å². The van der Waals surface area contributed by atoms with Crippen LogP contribution in [-0.4, -0.2) is 7.11 Å². The molecule has 0 aliphatic heterocycles. The molecule has 0 heterocycles. The van der Waals surface area contributed by atoms with Crippen LogP contribution in [-0.2, 0) is 24.2 Å². The Bertz CT molecular complexity index is 150. The fourth-order valence-corrected chi connectivity index (χ4v) is 1.09. The minimum Gasteiger partial charge on any atom is -0.501 e. The van der Waals surface area contributed by atoms with Gasteiger partial charge in [0.2, 0.25) is 0 Å². The molecule has 0 saturated heterocycles. The third kappa shape index (κ3) is 4.37. The van der Waals surface area contributed by atoms with Crippen LogP contribution in [0.1, 0.15) is 25.7 Å². The first kappa shape index (κ1) is 10.9. The van der Waals surface area contributed by atoms with Crippen molar-refractivity contribution in [2.75, 3.05) is 7.11 Å². The van der Waals surface area contributed by atoms with Crippen LogP contribution in [0.4, 0.5) is 0 Å². The zero-order chi connectivity index (χ0) is 7.23. The maximum atomic E-state index is 5.14. The molecular weight excluding hydrogens is 225 g/mol. The molecule has 1 aliphatic carbocycles. The summed E-state index contributed by atoms with van der Waals surface area (Å²) in [4.78, 5) is 0. The third-order valence-electron chi connectivity index (χ3n) is 1.72. The summed E-state index contributed by atoms with van der Waals surface area (Å²) in [6.45, 7) is 0. The van der Waals surface area contributed by atoms with Gasteiger partial charge in [0, 0.05) is 6.42 Å². The van der Waals surface area contributed by atoms with Gasteiger partial charge >= 0.3 is 19.5 Å². The molecule has 0 fully saturated rings. The molecule has 0 amide bonds. The van der Waals surface area contributed by atoms with Crippen LogP contribution >= 0.6 is 0 Å². The maximum Gasteiger partial charge on any atom is 1.00 e. The molecule has 11 heavy (non-hydrogen) atoms. The Morgan fingerprint density at radius 1 is 1.36 bits per heavy atom. The molecule has 1 aliphatic rings. The minimum absolute atomic E-state index is 0. The first-order valence-corrected chi connectivity index (χ1v) is 3.83. The van der Waals surface area contributed by atoms with Crippen LogP contribution in [0, 0.1) is 0 Å². The fraction of sp³-hybridized carbons (Fsp3) is 0.556. The van der Waals surface area contributed by atoms with Crippen molar-refractivity contribution in [2.45, 2.75) is 25.7 Å². The summed E-state index contributed by atoms with van der Waals surface area (Å²) >= 11 is 0. The molecule has 1 radical (unpaired) electrons. The molecule has 0 aromatic heterocycles. The van der Waals surface area contributed by atoms with Gasteiger partial charge in [0.15, 0.2) is 0 Å². The number of hydrogen-bond acceptors (Lipinski definition) is 1. The second-order valence-corrected chi connectivity index (χ2v) is 2.51. The SMILES string of the molecule is COC1=CC=CCCCC1.[Ru+]. The van der Waals surface area contributed by atoms with E-state index in [1.54, 1.807) is 7.11 Å². The topological polar surface area (TPSA) is 9.23 Å². The van der Waals surface area contributed by atoms with Crippen LogP contribution in [0.5, 0.6) is 0 Å². The quantitative estimate of drug-likeness (QED) is 0.639. The zero-order valence-electron chi connectivity index (χ0n) is 6.82. The summed E-state index contributed by atoms with van der Waals surface area (Å²) in [7, 11) is 1.74. The molecule has 1 rings (SSSR count). The average molecular weight is 239 g/mol. The first-order valence-electron chi connectivity index (χ1n) is 3.83. The molecule has 0 N–H and O–H groups in total. The van der Waals surface area contributed by atoms with E-state index in [9.17, 15) is 0 Å². The molecule has 0 aromatic carbocycles. The number of allylic oxidation sites excluding steroid dienone is 4. The van der Waals surface area contributed by atoms with Crippen molar-refractivity contribution in [3.05, 3.63) is 24.0 Å². The number of hydrogen-bond donors (Lipinski definition) is 0. The van der Waals surface area contributed by atoms with Crippen LogP contribution in [0.3, 0.4) is 0 Å². The summed E-state index contributed by atoms with van der Waals surface area (Å²) in [5.41, 5.74) is 0. The van der Waals surface area contributed by atoms with Gasteiger partial charge < -0.3 is 4.74 Å². The molecule has 2 heteroatoms. The number of methoxy groups -OCH3 is 1. The van der Waals surface area contributed by atoms with Gasteiger partial charge in [0.05, 0.1) is 12.9 Å². The summed E-state index contributed by atoms with van der Waals surface area (Å²) < 4.78 is 5.14. The molecule has 0 bridgehead atoms. The molecule has 1 nitrogen and oxygen atoms in total. The van der Waals surface area contributed by atoms with Crippen molar-refractivity contribution in [3.8, 4) is 0 Å². The molecule has 0 spiro atoms. The van der Waals surface area contributed by atoms with E-state index in [4.69, 9.17) is 4.74 Å². The molecule has 0 aromatic rings. The van der Waals surface area contributed by atoms with E-state index >= 15 is 0 Å². The van der Waals surface area contributed by atoms with Gasteiger partial charge in [-0.2, -0.15) is 0 Å². The summed E-state index contributed by atoms with van der Waals surface area (Å²) in [6, 6.07) is 0. The number of ether oxygens (including phenoxy) is 1. The van der Waals surface area contributed by atoms with E-state index in [2.05, 4.69) is 18.2 Å². The van der Waals surface area contributed by atoms with Crippen molar-refractivity contribution in [2.24, 2.45) is 0 Å². The van der Waals surface area contributed by atoms with Crippen molar-refractivity contribution in [1.82, 2.24) is 0 Å². The normalized spacial score (nSPS) is 17.4. The number of rotatable bonds is 1. The van der Waals surface area contributed by atoms with Gasteiger partial charge in [0.25, 0.3) is 0 Å². The maximum absolute atomic E-state index is 5.14. The molecular formula is C9H14ORu+. The monoisotopic (exact) mass is 240 g/mol. The average Bonchev–Trinajstić information content (AvgIpc) is 1.87. The predicted molar refractivity (Wildman–Crippen MR) is 42.7 cm³/mol. The van der Waals surface area contributed by atoms with E-state index in [-0.39, 0.29) is 19.5 Å². The van der Waals surface area contributed by atoms with Crippen molar-refractivity contribution in [1.29, 1.82) is 0 Å². The van der Waals surface area contributed by atoms with E-state index in [1.807, 2.05) is 0 Å². The Labute approximate surface area is 81.3 Å². The van der Waals surface area contributed by atoms with Gasteiger partial charge in [-0.1, -0.05) is 12.2 Å². The minimum atomic E-state index is 0. The van der Waals surface area contributed by atoms with Gasteiger partial charge in [-0.3, -0.25) is 0 Å². The van der Waals surface area contributed by atoms with Crippen molar-refractivity contribution >= 4 is 0 Å². The standard InChI is InChI=1S/C9H14O.Ru/c1-10-9-7-5-3-2-4-6-8-9;/h3,5,7H,2,4,6,8H2,1H3;/q;+1. The summed E-state index contributed by atoms with van der Waals surface area (Å²) in [6.07, 6.45) is 11.2. The van der Waals surface area contributed by atoms with E-state index in [0.29, 0.717) is 0 Å². The van der Waals surface area contributed by atoms with Crippen LogP contribution in [0.15, 0.2) is 24.0 Å². The summed E-state index contributed by atoms with van der Waals surface area (Å²) in [5, 5.41) is 0. The smallest absolute Gasteiger partial charge is 0.501 e. The van der Waals surface area contributed by atoms with Crippen molar-refractivity contribution in [3.63, 3.8) is 0 Å². The summed E-state index contributed by atoms with van der Waals surface area (Å²) in [5.74, 6) is 1.11. The molecule has 0 atom stereocenters. The van der Waals surface area contributed by atoms with Crippen LogP contribution in [0.2, 0.25) is 0 Å². The van der Waals surface area contributed by atoms with Gasteiger partial charge in [0.1, 0.15) is 0 Å². The Morgan fingerprint density at radius 2 is 2.18 bits per heavy atom. The van der Waals surface area contributed by atoms with E-state index in [1.165, 1.54) is 19.3 Å². The van der Waals surface area contributed by atoms with Crippen molar-refractivity contribution < 1.29 is 24.2 Å². The van der Waals surface area contributed by atoms with Gasteiger partial charge in [-0.05, 0) is 25.3 Å². The molecule has 0 unspecified atom stereocenters. The van der Waals surface area contributed by atoms with Gasteiger partial charge in [-0.25, -0.2) is 0 Å². The van der Waals surface area contributed by atoms with Crippen LogP contribution in [0.25, 0.3) is 0 Å². The Balaban J connectivity index is 0.000001000. The molecule has 0 saturated carbocycles. The second-order valence-electron chi connectivity index (χ2n) is 2.51. The fourth-order valence-electron chi connectivity index (χ4n) is 1.09.